The Labute approximate surface area is 125 Å². The summed E-state index contributed by atoms with van der Waals surface area (Å²) < 4.78 is 5.68. The number of nitrogens with two attached hydrogens (primary N) is 1. The molecule has 0 aliphatic heterocycles. The number of benzene rings is 1. The van der Waals surface area contributed by atoms with E-state index in [4.69, 9.17) is 22.1 Å². The molecule has 0 unspecified atom stereocenters. The SMILES string of the molecule is Cc1ccc(Cl)c(OCc2nc(N)c3ccsc3n2)c1. The van der Waals surface area contributed by atoms with Crippen LogP contribution in [0.15, 0.2) is 29.6 Å². The molecular weight excluding hydrogens is 294 g/mol. The third-order valence-electron chi connectivity index (χ3n) is 2.84. The fourth-order valence-corrected chi connectivity index (χ4v) is 2.82. The molecule has 6 heteroatoms. The minimum Gasteiger partial charge on any atom is -0.484 e. The van der Waals surface area contributed by atoms with Crippen LogP contribution in [0.25, 0.3) is 10.2 Å². The normalized spacial score (nSPS) is 10.9. The van der Waals surface area contributed by atoms with E-state index in [0.717, 1.165) is 15.8 Å². The molecule has 0 aliphatic rings. The van der Waals surface area contributed by atoms with Crippen molar-refractivity contribution in [2.24, 2.45) is 0 Å². The molecule has 0 bridgehead atoms. The van der Waals surface area contributed by atoms with Crippen molar-refractivity contribution in [3.8, 4) is 5.75 Å². The minimum atomic E-state index is 0.237. The number of ether oxygens (including phenoxy) is 1. The molecule has 102 valence electrons. The van der Waals surface area contributed by atoms with Crippen LogP contribution < -0.4 is 10.5 Å². The zero-order valence-electron chi connectivity index (χ0n) is 10.8. The zero-order valence-corrected chi connectivity index (χ0v) is 12.3. The Kier molecular flexibility index (Phi) is 3.46. The number of thiophene rings is 1. The maximum atomic E-state index is 6.08. The summed E-state index contributed by atoms with van der Waals surface area (Å²) in [4.78, 5) is 9.54. The molecule has 2 aromatic heterocycles. The quantitative estimate of drug-likeness (QED) is 0.799. The van der Waals surface area contributed by atoms with Gasteiger partial charge >= 0.3 is 0 Å². The number of rotatable bonds is 3. The lowest BCUT2D eigenvalue weighted by Crippen LogP contribution is -2.04. The van der Waals surface area contributed by atoms with Crippen molar-refractivity contribution in [1.29, 1.82) is 0 Å². The smallest absolute Gasteiger partial charge is 0.169 e. The molecule has 2 heterocycles. The van der Waals surface area contributed by atoms with E-state index in [2.05, 4.69) is 9.97 Å². The summed E-state index contributed by atoms with van der Waals surface area (Å²) in [6, 6.07) is 7.54. The van der Waals surface area contributed by atoms with Gasteiger partial charge < -0.3 is 10.5 Å². The number of halogens is 1. The second-order valence-corrected chi connectivity index (χ2v) is 5.69. The highest BCUT2D eigenvalue weighted by atomic mass is 35.5. The maximum Gasteiger partial charge on any atom is 0.169 e. The van der Waals surface area contributed by atoms with E-state index in [-0.39, 0.29) is 6.61 Å². The van der Waals surface area contributed by atoms with Gasteiger partial charge in [-0.25, -0.2) is 9.97 Å². The van der Waals surface area contributed by atoms with Gasteiger partial charge in [0.2, 0.25) is 0 Å². The first-order chi connectivity index (χ1) is 9.63. The van der Waals surface area contributed by atoms with E-state index in [1.165, 1.54) is 11.3 Å². The highest BCUT2D eigenvalue weighted by Gasteiger charge is 2.08. The summed E-state index contributed by atoms with van der Waals surface area (Å²) >= 11 is 7.61. The molecule has 0 amide bonds. The van der Waals surface area contributed by atoms with Crippen LogP contribution in [0, 0.1) is 6.92 Å². The van der Waals surface area contributed by atoms with Gasteiger partial charge in [-0.2, -0.15) is 0 Å². The van der Waals surface area contributed by atoms with E-state index in [9.17, 15) is 0 Å². The number of nitrogens with zero attached hydrogens (tertiary/aromatic N) is 2. The lowest BCUT2D eigenvalue weighted by atomic mass is 10.2. The van der Waals surface area contributed by atoms with Crippen LogP contribution in [0.3, 0.4) is 0 Å². The molecule has 3 aromatic rings. The molecule has 0 saturated carbocycles. The summed E-state index contributed by atoms with van der Waals surface area (Å²) in [6.07, 6.45) is 0. The first-order valence-electron chi connectivity index (χ1n) is 6.02. The molecule has 3 rings (SSSR count). The van der Waals surface area contributed by atoms with Crippen LogP contribution in [0.2, 0.25) is 5.02 Å². The number of hydrogen-bond acceptors (Lipinski definition) is 5. The monoisotopic (exact) mass is 305 g/mol. The number of aryl methyl sites for hydroxylation is 1. The van der Waals surface area contributed by atoms with Crippen molar-refractivity contribution >= 4 is 39.0 Å². The Balaban J connectivity index is 1.84. The molecule has 0 spiro atoms. The van der Waals surface area contributed by atoms with Gasteiger partial charge in [0.15, 0.2) is 5.82 Å². The van der Waals surface area contributed by atoms with Crippen molar-refractivity contribution in [3.05, 3.63) is 46.1 Å². The Hall–Kier alpha value is -1.85. The number of aromatic nitrogens is 2. The summed E-state index contributed by atoms with van der Waals surface area (Å²) in [5, 5.41) is 3.39. The molecule has 0 aliphatic carbocycles. The van der Waals surface area contributed by atoms with Gasteiger partial charge in [-0.15, -0.1) is 11.3 Å². The second-order valence-electron chi connectivity index (χ2n) is 4.39. The number of hydrogen-bond donors (Lipinski definition) is 1. The highest BCUT2D eigenvalue weighted by molar-refractivity contribution is 7.16. The van der Waals surface area contributed by atoms with Gasteiger partial charge in [0.1, 0.15) is 23.0 Å². The lowest BCUT2D eigenvalue weighted by Gasteiger charge is -2.08. The summed E-state index contributed by atoms with van der Waals surface area (Å²) in [6.45, 7) is 2.22. The second kappa shape index (κ2) is 5.26. The van der Waals surface area contributed by atoms with E-state index in [0.29, 0.717) is 22.4 Å². The lowest BCUT2D eigenvalue weighted by molar-refractivity contribution is 0.296. The van der Waals surface area contributed by atoms with Crippen LogP contribution in [0.4, 0.5) is 5.82 Å². The van der Waals surface area contributed by atoms with Crippen molar-refractivity contribution < 1.29 is 4.74 Å². The molecule has 0 atom stereocenters. The Morgan fingerprint density at radius 3 is 3.00 bits per heavy atom. The topological polar surface area (TPSA) is 61.0 Å². The van der Waals surface area contributed by atoms with Crippen molar-refractivity contribution in [3.63, 3.8) is 0 Å². The molecule has 4 nitrogen and oxygen atoms in total. The molecule has 0 saturated heterocycles. The van der Waals surface area contributed by atoms with Crippen molar-refractivity contribution in [1.82, 2.24) is 9.97 Å². The molecule has 2 N–H and O–H groups in total. The van der Waals surface area contributed by atoms with Gasteiger partial charge in [0.05, 0.1) is 10.4 Å². The van der Waals surface area contributed by atoms with Gasteiger partial charge in [-0.1, -0.05) is 17.7 Å². The molecule has 0 fully saturated rings. The third-order valence-corrected chi connectivity index (χ3v) is 3.96. The van der Waals surface area contributed by atoms with E-state index in [1.54, 1.807) is 0 Å². The van der Waals surface area contributed by atoms with Gasteiger partial charge in [0.25, 0.3) is 0 Å². The fraction of sp³-hybridized carbons (Fsp3) is 0.143. The van der Waals surface area contributed by atoms with Gasteiger partial charge in [0, 0.05) is 0 Å². The van der Waals surface area contributed by atoms with Crippen LogP contribution in [-0.4, -0.2) is 9.97 Å². The van der Waals surface area contributed by atoms with E-state index >= 15 is 0 Å². The Morgan fingerprint density at radius 1 is 1.30 bits per heavy atom. The largest absolute Gasteiger partial charge is 0.484 e. The average molecular weight is 306 g/mol. The van der Waals surface area contributed by atoms with E-state index < -0.39 is 0 Å². The van der Waals surface area contributed by atoms with E-state index in [1.807, 2.05) is 36.6 Å². The van der Waals surface area contributed by atoms with Crippen LogP contribution in [0.1, 0.15) is 11.4 Å². The number of nitrogen functional groups attached to an aromatic ring is 1. The predicted molar refractivity (Wildman–Crippen MR) is 82.3 cm³/mol. The average Bonchev–Trinajstić information content (AvgIpc) is 2.89. The van der Waals surface area contributed by atoms with Crippen LogP contribution >= 0.6 is 22.9 Å². The predicted octanol–water partition coefficient (Wildman–Crippen LogP) is 3.81. The van der Waals surface area contributed by atoms with Gasteiger partial charge in [-0.3, -0.25) is 0 Å². The standard InChI is InChI=1S/C14H12ClN3OS/c1-8-2-3-10(15)11(6-8)19-7-12-17-13(16)9-4-5-20-14(9)18-12/h2-6H,7H2,1H3,(H2,16,17,18). The Bertz CT molecular complexity index is 772. The molecular formula is C14H12ClN3OS. The molecule has 20 heavy (non-hydrogen) atoms. The van der Waals surface area contributed by atoms with Crippen LogP contribution in [0.5, 0.6) is 5.75 Å². The summed E-state index contributed by atoms with van der Waals surface area (Å²) in [7, 11) is 0. The highest BCUT2D eigenvalue weighted by Crippen LogP contribution is 2.27. The minimum absolute atomic E-state index is 0.237. The molecule has 1 aromatic carbocycles. The van der Waals surface area contributed by atoms with Crippen molar-refractivity contribution in [2.45, 2.75) is 13.5 Å². The maximum absolute atomic E-state index is 6.08. The zero-order chi connectivity index (χ0) is 14.1. The first kappa shape index (κ1) is 13.1. The molecule has 0 radical (unpaired) electrons. The Morgan fingerprint density at radius 2 is 2.15 bits per heavy atom. The van der Waals surface area contributed by atoms with Crippen molar-refractivity contribution in [2.75, 3.05) is 5.73 Å². The third kappa shape index (κ3) is 2.55. The fourth-order valence-electron chi connectivity index (χ4n) is 1.85. The number of fused-ring (bicyclic) bond motifs is 1. The summed E-state index contributed by atoms with van der Waals surface area (Å²) in [5.41, 5.74) is 6.98. The summed E-state index contributed by atoms with van der Waals surface area (Å²) in [5.74, 6) is 1.65. The van der Waals surface area contributed by atoms with Gasteiger partial charge in [-0.05, 0) is 36.1 Å². The first-order valence-corrected chi connectivity index (χ1v) is 7.28. The van der Waals surface area contributed by atoms with Crippen LogP contribution in [-0.2, 0) is 6.61 Å². The number of anilines is 1.